The Balaban J connectivity index is 2.51. The predicted molar refractivity (Wildman–Crippen MR) is 71.6 cm³/mol. The highest BCUT2D eigenvalue weighted by atomic mass is 79.9. The fourth-order valence-electron chi connectivity index (χ4n) is 0.992. The van der Waals surface area contributed by atoms with Crippen LogP contribution in [0, 0.1) is 0 Å². The van der Waals surface area contributed by atoms with Gasteiger partial charge < -0.3 is 5.32 Å². The lowest BCUT2D eigenvalue weighted by molar-refractivity contribution is 0.756. The van der Waals surface area contributed by atoms with E-state index in [0.717, 1.165) is 26.5 Å². The molecule has 0 radical (unpaired) electrons. The first kappa shape index (κ1) is 12.4. The van der Waals surface area contributed by atoms with Crippen molar-refractivity contribution in [1.82, 2.24) is 5.32 Å². The number of halogens is 3. The van der Waals surface area contributed by atoms with E-state index in [4.69, 9.17) is 0 Å². The summed E-state index contributed by atoms with van der Waals surface area (Å²) in [6.07, 6.45) is 0. The van der Waals surface area contributed by atoms with Crippen LogP contribution in [0.2, 0.25) is 0 Å². The summed E-state index contributed by atoms with van der Waals surface area (Å²) in [6.45, 7) is 5.38. The van der Waals surface area contributed by atoms with Gasteiger partial charge in [0.1, 0.15) is 0 Å². The van der Waals surface area contributed by atoms with Crippen LogP contribution in [0.15, 0.2) is 38.2 Å². The molecule has 0 saturated carbocycles. The summed E-state index contributed by atoms with van der Waals surface area (Å²) in [4.78, 5) is 0. The molecule has 0 saturated heterocycles. The molecule has 4 heteroatoms. The predicted octanol–water partition coefficient (Wildman–Crippen LogP) is 4.21. The van der Waals surface area contributed by atoms with E-state index in [0.29, 0.717) is 0 Å². The molecule has 76 valence electrons. The molecule has 1 aromatic carbocycles. The van der Waals surface area contributed by atoms with Gasteiger partial charge in [0.05, 0.1) is 0 Å². The fourth-order valence-corrected chi connectivity index (χ4v) is 1.86. The van der Waals surface area contributed by atoms with Crippen LogP contribution in [-0.2, 0) is 6.54 Å². The maximum Gasteiger partial charge on any atom is 0.0320 e. The average molecular weight is 384 g/mol. The largest absolute Gasteiger partial charge is 0.308 e. The fraction of sp³-hybridized carbons (Fsp3) is 0.200. The van der Waals surface area contributed by atoms with E-state index in [1.54, 1.807) is 0 Å². The third-order valence-electron chi connectivity index (χ3n) is 1.63. The maximum atomic E-state index is 3.76. The molecule has 0 aromatic heterocycles. The Labute approximate surface area is 109 Å². The topological polar surface area (TPSA) is 12.0 Å². The van der Waals surface area contributed by atoms with Gasteiger partial charge in [-0.1, -0.05) is 28.6 Å². The molecule has 14 heavy (non-hydrogen) atoms. The lowest BCUT2D eigenvalue weighted by atomic mass is 10.2. The van der Waals surface area contributed by atoms with Crippen molar-refractivity contribution in [3.63, 3.8) is 0 Å². The Morgan fingerprint density at radius 1 is 1.29 bits per heavy atom. The molecule has 1 rings (SSSR count). The lowest BCUT2D eigenvalue weighted by Gasteiger charge is -2.05. The molecular formula is C10H10Br3N. The van der Waals surface area contributed by atoms with Crippen LogP contribution < -0.4 is 5.32 Å². The number of benzene rings is 1. The van der Waals surface area contributed by atoms with Crippen LogP contribution in [-0.4, -0.2) is 6.54 Å². The first-order chi connectivity index (χ1) is 6.59. The Hall–Kier alpha value is 0.360. The zero-order chi connectivity index (χ0) is 10.6. The molecule has 1 nitrogen and oxygen atoms in total. The van der Waals surface area contributed by atoms with Gasteiger partial charge in [-0.15, -0.1) is 0 Å². The summed E-state index contributed by atoms with van der Waals surface area (Å²) >= 11 is 10.2. The highest BCUT2D eigenvalue weighted by Gasteiger charge is 1.98. The normalized spacial score (nSPS) is 10.2. The molecule has 0 bridgehead atoms. The minimum atomic E-state index is 0.785. The monoisotopic (exact) mass is 381 g/mol. The number of rotatable bonds is 4. The molecule has 0 aliphatic heterocycles. The van der Waals surface area contributed by atoms with Crippen LogP contribution in [0.4, 0.5) is 0 Å². The Morgan fingerprint density at radius 2 is 2.00 bits per heavy atom. The number of nitrogens with one attached hydrogen (secondary N) is 1. The molecule has 0 unspecified atom stereocenters. The minimum Gasteiger partial charge on any atom is -0.308 e. The molecule has 0 fully saturated rings. The van der Waals surface area contributed by atoms with E-state index in [1.807, 2.05) is 6.07 Å². The van der Waals surface area contributed by atoms with E-state index in [9.17, 15) is 0 Å². The number of hydrogen-bond acceptors (Lipinski definition) is 1. The molecule has 0 heterocycles. The van der Waals surface area contributed by atoms with Gasteiger partial charge in [-0.05, 0) is 49.6 Å². The SMILES string of the molecule is C=C(Br)CNCc1ccc(Br)c(Br)c1. The van der Waals surface area contributed by atoms with Gasteiger partial charge in [0.25, 0.3) is 0 Å². The molecule has 0 atom stereocenters. The maximum absolute atomic E-state index is 3.76. The van der Waals surface area contributed by atoms with E-state index in [1.165, 1.54) is 5.56 Å². The van der Waals surface area contributed by atoms with Gasteiger partial charge in [0.15, 0.2) is 0 Å². The highest BCUT2D eigenvalue weighted by molar-refractivity contribution is 9.13. The first-order valence-corrected chi connectivity index (χ1v) is 6.45. The Bertz CT molecular complexity index is 336. The number of hydrogen-bond donors (Lipinski definition) is 1. The third-order valence-corrected chi connectivity index (χ3v) is 3.79. The zero-order valence-corrected chi connectivity index (χ0v) is 12.2. The van der Waals surface area contributed by atoms with Gasteiger partial charge >= 0.3 is 0 Å². The van der Waals surface area contributed by atoms with E-state index in [2.05, 4.69) is 71.8 Å². The third kappa shape index (κ3) is 4.26. The van der Waals surface area contributed by atoms with Gasteiger partial charge in [0.2, 0.25) is 0 Å². The first-order valence-electron chi connectivity index (χ1n) is 4.07. The van der Waals surface area contributed by atoms with Crippen molar-refractivity contribution < 1.29 is 0 Å². The molecule has 0 spiro atoms. The van der Waals surface area contributed by atoms with Crippen LogP contribution in [0.1, 0.15) is 5.56 Å². The van der Waals surface area contributed by atoms with E-state index >= 15 is 0 Å². The summed E-state index contributed by atoms with van der Waals surface area (Å²) < 4.78 is 3.12. The van der Waals surface area contributed by atoms with Crippen LogP contribution in [0.25, 0.3) is 0 Å². The quantitative estimate of drug-likeness (QED) is 0.821. The van der Waals surface area contributed by atoms with Gasteiger partial charge in [-0.2, -0.15) is 0 Å². The summed E-state index contributed by atoms with van der Waals surface area (Å²) in [5.74, 6) is 0. The highest BCUT2D eigenvalue weighted by Crippen LogP contribution is 2.23. The molecule has 0 aliphatic rings. The van der Waals surface area contributed by atoms with Crippen molar-refractivity contribution in [3.8, 4) is 0 Å². The van der Waals surface area contributed by atoms with E-state index in [-0.39, 0.29) is 0 Å². The summed E-state index contributed by atoms with van der Waals surface area (Å²) in [5.41, 5.74) is 1.24. The average Bonchev–Trinajstić information content (AvgIpc) is 2.10. The Morgan fingerprint density at radius 3 is 2.57 bits per heavy atom. The summed E-state index contributed by atoms with van der Waals surface area (Å²) in [5, 5.41) is 3.27. The standard InChI is InChI=1S/C10H10Br3N/c1-7(11)5-14-6-8-2-3-9(12)10(13)4-8/h2-4,14H,1,5-6H2. The zero-order valence-electron chi connectivity index (χ0n) is 7.49. The summed E-state index contributed by atoms with van der Waals surface area (Å²) in [6, 6.07) is 6.21. The Kier molecular flexibility index (Phi) is 5.38. The molecule has 0 amide bonds. The van der Waals surface area contributed by atoms with Crippen molar-refractivity contribution >= 4 is 47.8 Å². The molecular weight excluding hydrogens is 374 g/mol. The minimum absolute atomic E-state index is 0.785. The smallest absolute Gasteiger partial charge is 0.0320 e. The van der Waals surface area contributed by atoms with Crippen LogP contribution in [0.3, 0.4) is 0 Å². The second kappa shape index (κ2) is 6.05. The molecule has 0 aliphatic carbocycles. The van der Waals surface area contributed by atoms with Gasteiger partial charge in [-0.3, -0.25) is 0 Å². The second-order valence-corrected chi connectivity index (χ2v) is 5.70. The van der Waals surface area contributed by atoms with Crippen molar-refractivity contribution in [2.75, 3.05) is 6.54 Å². The van der Waals surface area contributed by atoms with Crippen molar-refractivity contribution in [2.45, 2.75) is 6.54 Å². The van der Waals surface area contributed by atoms with E-state index < -0.39 is 0 Å². The second-order valence-electron chi connectivity index (χ2n) is 2.87. The van der Waals surface area contributed by atoms with Crippen LogP contribution >= 0.6 is 47.8 Å². The lowest BCUT2D eigenvalue weighted by Crippen LogP contribution is -2.14. The van der Waals surface area contributed by atoms with Crippen molar-refractivity contribution in [2.24, 2.45) is 0 Å². The summed E-state index contributed by atoms with van der Waals surface area (Å²) in [7, 11) is 0. The molecule has 1 aromatic rings. The van der Waals surface area contributed by atoms with Crippen molar-refractivity contribution in [3.05, 3.63) is 43.8 Å². The van der Waals surface area contributed by atoms with Gasteiger partial charge in [-0.25, -0.2) is 0 Å². The van der Waals surface area contributed by atoms with Crippen LogP contribution in [0.5, 0.6) is 0 Å². The molecule has 1 N–H and O–H groups in total. The van der Waals surface area contributed by atoms with Gasteiger partial charge in [0, 0.05) is 26.5 Å². The van der Waals surface area contributed by atoms with Crippen molar-refractivity contribution in [1.29, 1.82) is 0 Å².